The van der Waals surface area contributed by atoms with Crippen LogP contribution in [-0.2, 0) is 22.7 Å². The molecule has 0 saturated heterocycles. The summed E-state index contributed by atoms with van der Waals surface area (Å²) >= 11 is 0. The first kappa shape index (κ1) is 26.7. The fourth-order valence-corrected chi connectivity index (χ4v) is 6.48. The van der Waals surface area contributed by atoms with Crippen molar-refractivity contribution >= 4 is 17.6 Å². The number of oxime groups is 1. The van der Waals surface area contributed by atoms with Crippen LogP contribution in [0.15, 0.2) is 90.1 Å². The molecule has 0 spiro atoms. The molecule has 5 rings (SSSR count). The molecule has 2 atom stereocenters. The molecule has 3 aromatic carbocycles. The van der Waals surface area contributed by atoms with Gasteiger partial charge in [0, 0.05) is 24.9 Å². The third-order valence-electron chi connectivity index (χ3n) is 9.43. The van der Waals surface area contributed by atoms with Crippen LogP contribution in [0.1, 0.15) is 61.5 Å². The summed E-state index contributed by atoms with van der Waals surface area (Å²) in [5, 5.41) is 4.41. The van der Waals surface area contributed by atoms with Gasteiger partial charge >= 0.3 is 5.97 Å². The Morgan fingerprint density at radius 3 is 1.92 bits per heavy atom. The Kier molecular flexibility index (Phi) is 7.06. The maximum absolute atomic E-state index is 14.6. The number of rotatable bonds is 8. The summed E-state index contributed by atoms with van der Waals surface area (Å²) in [6, 6.07) is 27.0. The Morgan fingerprint density at radius 2 is 1.38 bits per heavy atom. The SMILES string of the molecule is COc1ccc(C(=O)O/N=C2\CC3(C(=O)N(Cc4ccccc4)Cc4ccccc4)CCC2(C)C3(C)C)cc1. The second-order valence-electron chi connectivity index (χ2n) is 11.5. The number of fused-ring (bicyclic) bond motifs is 2. The molecule has 6 heteroatoms. The lowest BCUT2D eigenvalue weighted by molar-refractivity contribution is -0.148. The first-order chi connectivity index (χ1) is 18.7. The van der Waals surface area contributed by atoms with Crippen molar-refractivity contribution in [1.29, 1.82) is 0 Å². The molecule has 3 aromatic rings. The number of methoxy groups -OCH3 is 1. The number of carbonyl (C=O) groups excluding carboxylic acids is 2. The van der Waals surface area contributed by atoms with Crippen molar-refractivity contribution in [2.75, 3.05) is 7.11 Å². The Hall–Kier alpha value is -3.93. The van der Waals surface area contributed by atoms with Crippen molar-refractivity contribution in [1.82, 2.24) is 4.90 Å². The Morgan fingerprint density at radius 1 is 0.821 bits per heavy atom. The molecule has 2 aliphatic carbocycles. The molecule has 2 unspecified atom stereocenters. The van der Waals surface area contributed by atoms with Crippen molar-refractivity contribution in [3.05, 3.63) is 102 Å². The van der Waals surface area contributed by atoms with Crippen LogP contribution < -0.4 is 4.74 Å². The van der Waals surface area contributed by atoms with Gasteiger partial charge in [-0.05, 0) is 53.6 Å². The molecule has 2 aliphatic rings. The molecule has 0 aromatic heterocycles. The van der Waals surface area contributed by atoms with Gasteiger partial charge in [0.25, 0.3) is 0 Å². The number of benzene rings is 3. The number of nitrogens with zero attached hydrogens (tertiary/aromatic N) is 2. The highest BCUT2D eigenvalue weighted by atomic mass is 16.7. The van der Waals surface area contributed by atoms with Crippen LogP contribution in [0, 0.1) is 16.2 Å². The molecule has 1 amide bonds. The molecular weight excluding hydrogens is 488 g/mol. The van der Waals surface area contributed by atoms with Gasteiger partial charge < -0.3 is 14.5 Å². The van der Waals surface area contributed by atoms with Crippen molar-refractivity contribution in [2.24, 2.45) is 21.4 Å². The minimum Gasteiger partial charge on any atom is -0.497 e. The van der Waals surface area contributed by atoms with E-state index in [-0.39, 0.29) is 16.7 Å². The zero-order valence-corrected chi connectivity index (χ0v) is 23.1. The Balaban J connectivity index is 1.43. The van der Waals surface area contributed by atoms with Crippen LogP contribution in [0.3, 0.4) is 0 Å². The monoisotopic (exact) mass is 524 g/mol. The molecule has 0 heterocycles. The highest BCUT2D eigenvalue weighted by Gasteiger charge is 2.72. The Bertz CT molecular complexity index is 1330. The van der Waals surface area contributed by atoms with Crippen LogP contribution in [0.4, 0.5) is 0 Å². The topological polar surface area (TPSA) is 68.2 Å². The van der Waals surface area contributed by atoms with E-state index in [0.29, 0.717) is 30.8 Å². The van der Waals surface area contributed by atoms with Gasteiger partial charge in [-0.1, -0.05) is 86.6 Å². The van der Waals surface area contributed by atoms with E-state index in [1.54, 1.807) is 31.4 Å². The summed E-state index contributed by atoms with van der Waals surface area (Å²) in [6.07, 6.45) is 2.07. The zero-order chi connectivity index (χ0) is 27.7. The van der Waals surface area contributed by atoms with Crippen LogP contribution >= 0.6 is 0 Å². The summed E-state index contributed by atoms with van der Waals surface area (Å²) in [4.78, 5) is 34.8. The van der Waals surface area contributed by atoms with E-state index in [2.05, 4.69) is 50.2 Å². The third kappa shape index (κ3) is 4.62. The molecule has 0 N–H and O–H groups in total. The van der Waals surface area contributed by atoms with Gasteiger partial charge in [-0.25, -0.2) is 4.79 Å². The summed E-state index contributed by atoms with van der Waals surface area (Å²) in [5.41, 5.74) is 2.02. The largest absolute Gasteiger partial charge is 0.497 e. The second kappa shape index (κ2) is 10.3. The van der Waals surface area contributed by atoms with E-state index in [4.69, 9.17) is 9.57 Å². The van der Waals surface area contributed by atoms with Gasteiger partial charge in [0.2, 0.25) is 5.91 Å². The molecule has 39 heavy (non-hydrogen) atoms. The normalized spacial score (nSPS) is 23.9. The van der Waals surface area contributed by atoms with Crippen LogP contribution in [-0.4, -0.2) is 29.6 Å². The van der Waals surface area contributed by atoms with E-state index in [1.165, 1.54) is 0 Å². The lowest BCUT2D eigenvalue weighted by Gasteiger charge is -2.42. The first-order valence-corrected chi connectivity index (χ1v) is 13.5. The minimum atomic E-state index is -0.628. The lowest BCUT2D eigenvalue weighted by Crippen LogP contribution is -2.48. The van der Waals surface area contributed by atoms with Crippen LogP contribution in [0.2, 0.25) is 0 Å². The highest BCUT2D eigenvalue weighted by Crippen LogP contribution is 2.71. The van der Waals surface area contributed by atoms with Gasteiger partial charge in [0.1, 0.15) is 5.75 Å². The van der Waals surface area contributed by atoms with Crippen LogP contribution in [0.25, 0.3) is 0 Å². The molecule has 2 saturated carbocycles. The van der Waals surface area contributed by atoms with E-state index in [9.17, 15) is 9.59 Å². The average molecular weight is 525 g/mol. The summed E-state index contributed by atoms with van der Waals surface area (Å²) < 4.78 is 5.17. The second-order valence-corrected chi connectivity index (χ2v) is 11.5. The molecule has 6 nitrogen and oxygen atoms in total. The molecule has 0 aliphatic heterocycles. The predicted octanol–water partition coefficient (Wildman–Crippen LogP) is 6.65. The predicted molar refractivity (Wildman–Crippen MR) is 151 cm³/mol. The lowest BCUT2D eigenvalue weighted by atomic mass is 9.64. The van der Waals surface area contributed by atoms with E-state index >= 15 is 0 Å². The maximum Gasteiger partial charge on any atom is 0.365 e. The summed E-state index contributed by atoms with van der Waals surface area (Å²) in [6.45, 7) is 7.57. The molecular formula is C33H36N2O4. The van der Waals surface area contributed by atoms with Gasteiger partial charge in [-0.3, -0.25) is 4.79 Å². The van der Waals surface area contributed by atoms with Gasteiger partial charge in [-0.15, -0.1) is 0 Å². The molecule has 202 valence electrons. The van der Waals surface area contributed by atoms with Crippen molar-refractivity contribution in [3.63, 3.8) is 0 Å². The van der Waals surface area contributed by atoms with Gasteiger partial charge in [-0.2, -0.15) is 0 Å². The van der Waals surface area contributed by atoms with Crippen molar-refractivity contribution < 1.29 is 19.2 Å². The number of amides is 1. The number of carbonyl (C=O) groups is 2. The van der Waals surface area contributed by atoms with E-state index in [1.807, 2.05) is 41.3 Å². The van der Waals surface area contributed by atoms with Gasteiger partial charge in [0.15, 0.2) is 0 Å². The van der Waals surface area contributed by atoms with Crippen LogP contribution in [0.5, 0.6) is 5.75 Å². The van der Waals surface area contributed by atoms with Crippen molar-refractivity contribution in [2.45, 2.75) is 53.1 Å². The standard InChI is InChI=1S/C33H36N2O4/c1-31(2)32(3)19-20-33(31,21-28(32)34-39-29(36)26-15-17-27(38-4)18-16-26)30(37)35(22-24-11-7-5-8-12-24)23-25-13-9-6-10-14-25/h5-18H,19-23H2,1-4H3/b34-28+. The molecule has 0 radical (unpaired) electrons. The van der Waals surface area contributed by atoms with E-state index < -0.39 is 11.4 Å². The third-order valence-corrected chi connectivity index (χ3v) is 9.43. The highest BCUT2D eigenvalue weighted by molar-refractivity contribution is 6.02. The first-order valence-electron chi connectivity index (χ1n) is 13.5. The maximum atomic E-state index is 14.6. The Labute approximate surface area is 230 Å². The van der Waals surface area contributed by atoms with Gasteiger partial charge in [0.05, 0.1) is 23.8 Å². The quantitative estimate of drug-likeness (QED) is 0.244. The zero-order valence-electron chi connectivity index (χ0n) is 23.1. The average Bonchev–Trinajstić information content (AvgIpc) is 3.27. The fraction of sp³-hybridized carbons (Fsp3) is 0.364. The summed E-state index contributed by atoms with van der Waals surface area (Å²) in [5.74, 6) is 0.274. The molecule has 2 bridgehead atoms. The molecule has 2 fully saturated rings. The number of ether oxygens (including phenoxy) is 1. The number of hydrogen-bond donors (Lipinski definition) is 0. The summed E-state index contributed by atoms with van der Waals surface area (Å²) in [7, 11) is 1.58. The fourth-order valence-electron chi connectivity index (χ4n) is 6.48. The number of hydrogen-bond acceptors (Lipinski definition) is 5. The smallest absolute Gasteiger partial charge is 0.365 e. The van der Waals surface area contributed by atoms with E-state index in [0.717, 1.165) is 29.7 Å². The van der Waals surface area contributed by atoms with Crippen molar-refractivity contribution in [3.8, 4) is 5.75 Å². The minimum absolute atomic E-state index is 0.135.